The fourth-order valence-corrected chi connectivity index (χ4v) is 3.22. The first-order chi connectivity index (χ1) is 12.9. The highest BCUT2D eigenvalue weighted by atomic mass is 32.1. The summed E-state index contributed by atoms with van der Waals surface area (Å²) in [6.45, 7) is 5.89. The number of amidine groups is 1. The Labute approximate surface area is 162 Å². The molecule has 0 fully saturated rings. The lowest BCUT2D eigenvalue weighted by Gasteiger charge is -2.12. The quantitative estimate of drug-likeness (QED) is 0.355. The summed E-state index contributed by atoms with van der Waals surface area (Å²) in [5, 5.41) is 24.9. The molecule has 0 bridgehead atoms. The first-order valence-electron chi connectivity index (χ1n) is 8.58. The second-order valence-electron chi connectivity index (χ2n) is 6.45. The molecule has 0 aliphatic heterocycles. The molecule has 1 heterocycles. The zero-order valence-corrected chi connectivity index (χ0v) is 16.2. The number of rotatable bonds is 6. The molecule has 0 radical (unpaired) electrons. The summed E-state index contributed by atoms with van der Waals surface area (Å²) in [4.78, 5) is 0. The van der Waals surface area contributed by atoms with Gasteiger partial charge in [-0.15, -0.1) is 0 Å². The molecule has 0 saturated carbocycles. The van der Waals surface area contributed by atoms with Gasteiger partial charge in [-0.25, -0.2) is 0 Å². The number of benzene rings is 2. The number of anilines is 2. The van der Waals surface area contributed by atoms with E-state index < -0.39 is 0 Å². The fourth-order valence-electron chi connectivity index (χ4n) is 2.51. The third kappa shape index (κ3) is 4.77. The van der Waals surface area contributed by atoms with Crippen molar-refractivity contribution >= 4 is 28.1 Å². The average molecular weight is 382 g/mol. The van der Waals surface area contributed by atoms with Crippen molar-refractivity contribution in [2.45, 2.75) is 26.8 Å². The maximum Gasteiger partial charge on any atom is 0.236 e. The Morgan fingerprint density at radius 1 is 1.15 bits per heavy atom. The highest BCUT2D eigenvalue weighted by molar-refractivity contribution is 7.11. The Balaban J connectivity index is 1.73. The van der Waals surface area contributed by atoms with Gasteiger partial charge in [0, 0.05) is 11.7 Å². The Kier molecular flexibility index (Phi) is 5.61. The third-order valence-corrected chi connectivity index (χ3v) is 4.45. The van der Waals surface area contributed by atoms with Gasteiger partial charge in [0.05, 0.1) is 0 Å². The lowest BCUT2D eigenvalue weighted by Crippen LogP contribution is -2.30. The molecule has 0 amide bonds. The summed E-state index contributed by atoms with van der Waals surface area (Å²) in [5.41, 5.74) is 2.32. The van der Waals surface area contributed by atoms with Crippen molar-refractivity contribution in [2.75, 3.05) is 5.32 Å². The highest BCUT2D eigenvalue weighted by Crippen LogP contribution is 2.33. The standard InChI is InChI=1S/C20H22N4O2S/c1-12(2)22-18(21)17-19(25)24-27-20(17)23-14-7-9-15(10-8-14)26-16-6-4-5-13(3)11-16/h4-12,23H,1-3H3,(H2,21,22)(H,24,25). The van der Waals surface area contributed by atoms with Crippen LogP contribution in [0, 0.1) is 12.3 Å². The molecular weight excluding hydrogens is 360 g/mol. The van der Waals surface area contributed by atoms with Crippen LogP contribution in [0.5, 0.6) is 17.4 Å². The van der Waals surface area contributed by atoms with Crippen LogP contribution in [0.1, 0.15) is 25.0 Å². The summed E-state index contributed by atoms with van der Waals surface area (Å²) in [7, 11) is 0. The number of aryl methyl sites for hydroxylation is 1. The van der Waals surface area contributed by atoms with Crippen molar-refractivity contribution in [1.82, 2.24) is 9.69 Å². The molecule has 1 aromatic heterocycles. The van der Waals surface area contributed by atoms with E-state index >= 15 is 0 Å². The van der Waals surface area contributed by atoms with E-state index in [-0.39, 0.29) is 17.8 Å². The van der Waals surface area contributed by atoms with Gasteiger partial charge in [-0.05, 0) is 74.3 Å². The molecule has 3 rings (SSSR count). The highest BCUT2D eigenvalue weighted by Gasteiger charge is 2.18. The van der Waals surface area contributed by atoms with Crippen molar-refractivity contribution < 1.29 is 9.84 Å². The fraction of sp³-hybridized carbons (Fsp3) is 0.200. The average Bonchev–Trinajstić information content (AvgIpc) is 2.96. The maximum absolute atomic E-state index is 9.98. The predicted octanol–water partition coefficient (Wildman–Crippen LogP) is 5.02. The number of nitrogens with one attached hydrogen (secondary N) is 3. The lowest BCUT2D eigenvalue weighted by atomic mass is 10.2. The van der Waals surface area contributed by atoms with Crippen molar-refractivity contribution in [3.63, 3.8) is 0 Å². The number of aromatic hydroxyl groups is 1. The molecule has 27 heavy (non-hydrogen) atoms. The number of hydrogen-bond donors (Lipinski definition) is 4. The molecule has 0 saturated heterocycles. The van der Waals surface area contributed by atoms with Crippen LogP contribution in [0.15, 0.2) is 48.5 Å². The summed E-state index contributed by atoms with van der Waals surface area (Å²) >= 11 is 1.11. The van der Waals surface area contributed by atoms with Gasteiger partial charge in [-0.3, -0.25) is 5.41 Å². The molecule has 3 aromatic rings. The molecule has 0 spiro atoms. The Bertz CT molecular complexity index is 935. The largest absolute Gasteiger partial charge is 0.492 e. The molecule has 0 atom stereocenters. The van der Waals surface area contributed by atoms with Crippen LogP contribution in [0.3, 0.4) is 0 Å². The summed E-state index contributed by atoms with van der Waals surface area (Å²) in [5.74, 6) is 1.50. The second kappa shape index (κ2) is 8.09. The molecule has 7 heteroatoms. The Morgan fingerprint density at radius 3 is 2.56 bits per heavy atom. The monoisotopic (exact) mass is 382 g/mol. The van der Waals surface area contributed by atoms with Gasteiger partial charge in [-0.1, -0.05) is 12.1 Å². The summed E-state index contributed by atoms with van der Waals surface area (Å²) < 4.78 is 9.80. The van der Waals surface area contributed by atoms with E-state index in [2.05, 4.69) is 15.0 Å². The molecule has 140 valence electrons. The topological polar surface area (TPSA) is 90.3 Å². The van der Waals surface area contributed by atoms with Crippen molar-refractivity contribution in [2.24, 2.45) is 0 Å². The number of ether oxygens (including phenoxy) is 1. The normalized spacial score (nSPS) is 10.7. The van der Waals surface area contributed by atoms with E-state index in [1.165, 1.54) is 0 Å². The van der Waals surface area contributed by atoms with E-state index in [0.717, 1.165) is 34.3 Å². The smallest absolute Gasteiger partial charge is 0.236 e. The van der Waals surface area contributed by atoms with Crippen LogP contribution < -0.4 is 15.4 Å². The van der Waals surface area contributed by atoms with Gasteiger partial charge in [-0.2, -0.15) is 4.37 Å². The molecular formula is C20H22N4O2S. The van der Waals surface area contributed by atoms with Crippen LogP contribution in [-0.2, 0) is 0 Å². The summed E-state index contributed by atoms with van der Waals surface area (Å²) in [6.07, 6.45) is 0. The third-order valence-electron chi connectivity index (χ3n) is 3.69. The van der Waals surface area contributed by atoms with Crippen LogP contribution in [-0.4, -0.2) is 21.4 Å². The first-order valence-corrected chi connectivity index (χ1v) is 9.35. The molecule has 4 N–H and O–H groups in total. The summed E-state index contributed by atoms with van der Waals surface area (Å²) in [6, 6.07) is 15.4. The Morgan fingerprint density at radius 2 is 1.89 bits per heavy atom. The minimum Gasteiger partial charge on any atom is -0.492 e. The van der Waals surface area contributed by atoms with Crippen LogP contribution in [0.4, 0.5) is 10.7 Å². The zero-order chi connectivity index (χ0) is 19.4. The minimum absolute atomic E-state index is 0.0858. The number of nitrogens with zero attached hydrogens (tertiary/aromatic N) is 1. The molecule has 0 aliphatic carbocycles. The number of aromatic nitrogens is 1. The van der Waals surface area contributed by atoms with Crippen molar-refractivity contribution in [3.05, 3.63) is 59.7 Å². The zero-order valence-electron chi connectivity index (χ0n) is 15.4. The van der Waals surface area contributed by atoms with Crippen LogP contribution >= 0.6 is 11.5 Å². The SMILES string of the molecule is Cc1cccc(Oc2ccc(Nc3snc(O)c3C(=N)NC(C)C)cc2)c1. The second-order valence-corrected chi connectivity index (χ2v) is 7.23. The van der Waals surface area contributed by atoms with E-state index in [0.29, 0.717) is 10.6 Å². The van der Waals surface area contributed by atoms with E-state index in [4.69, 9.17) is 10.1 Å². The van der Waals surface area contributed by atoms with Gasteiger partial charge in [0.25, 0.3) is 0 Å². The Hall–Kier alpha value is -3.06. The van der Waals surface area contributed by atoms with Crippen molar-refractivity contribution in [3.8, 4) is 17.4 Å². The molecule has 2 aromatic carbocycles. The van der Waals surface area contributed by atoms with E-state index in [1.807, 2.05) is 69.3 Å². The van der Waals surface area contributed by atoms with Crippen molar-refractivity contribution in [1.29, 1.82) is 5.41 Å². The minimum atomic E-state index is -0.153. The van der Waals surface area contributed by atoms with Crippen LogP contribution in [0.2, 0.25) is 0 Å². The molecule has 6 nitrogen and oxygen atoms in total. The van der Waals surface area contributed by atoms with Gasteiger partial charge in [0.1, 0.15) is 27.9 Å². The molecule has 0 unspecified atom stereocenters. The van der Waals surface area contributed by atoms with Gasteiger partial charge < -0.3 is 20.5 Å². The van der Waals surface area contributed by atoms with Gasteiger partial charge in [0.15, 0.2) is 0 Å². The van der Waals surface area contributed by atoms with Crippen LogP contribution in [0.25, 0.3) is 0 Å². The number of hydrogen-bond acceptors (Lipinski definition) is 6. The van der Waals surface area contributed by atoms with E-state index in [9.17, 15) is 5.11 Å². The maximum atomic E-state index is 9.98. The van der Waals surface area contributed by atoms with E-state index in [1.54, 1.807) is 0 Å². The first kappa shape index (κ1) is 18.7. The lowest BCUT2D eigenvalue weighted by molar-refractivity contribution is 0.458. The predicted molar refractivity (Wildman–Crippen MR) is 110 cm³/mol. The molecule has 0 aliphatic rings. The van der Waals surface area contributed by atoms with Gasteiger partial charge >= 0.3 is 0 Å². The van der Waals surface area contributed by atoms with Gasteiger partial charge in [0.2, 0.25) is 5.88 Å².